The molecule has 1 aromatic carbocycles. The molecule has 1 atom stereocenters. The highest BCUT2D eigenvalue weighted by Crippen LogP contribution is 2.27. The molecule has 1 saturated heterocycles. The summed E-state index contributed by atoms with van der Waals surface area (Å²) in [6.07, 6.45) is 4.90. The number of hydrogen-bond acceptors (Lipinski definition) is 5. The third-order valence-electron chi connectivity index (χ3n) is 5.32. The number of fused-ring (bicyclic) bond motifs is 1. The van der Waals surface area contributed by atoms with Gasteiger partial charge in [0.2, 0.25) is 0 Å². The fraction of sp³-hybridized carbons (Fsp3) is 0.364. The number of halogens is 1. The average molecular weight is 475 g/mol. The summed E-state index contributed by atoms with van der Waals surface area (Å²) in [5.41, 5.74) is 0.188. The summed E-state index contributed by atoms with van der Waals surface area (Å²) in [7, 11) is 0. The molecular weight excluding hydrogens is 452 g/mol. The van der Waals surface area contributed by atoms with E-state index in [4.69, 9.17) is 4.42 Å². The molecule has 1 aliphatic heterocycles. The normalized spacial score (nSPS) is 16.4. The number of hydrogen-bond donors (Lipinski definition) is 1. The quantitative estimate of drug-likeness (QED) is 0.567. The van der Waals surface area contributed by atoms with Gasteiger partial charge in [0.1, 0.15) is 5.58 Å². The summed E-state index contributed by atoms with van der Waals surface area (Å²) in [5.74, 6) is -0.311. The van der Waals surface area contributed by atoms with Crippen molar-refractivity contribution in [2.24, 2.45) is 0 Å². The lowest BCUT2D eigenvalue weighted by Crippen LogP contribution is -2.38. The van der Waals surface area contributed by atoms with Crippen molar-refractivity contribution < 1.29 is 9.21 Å². The minimum Gasteiger partial charge on any atom is -0.451 e. The van der Waals surface area contributed by atoms with Crippen LogP contribution in [0.15, 0.2) is 55.5 Å². The number of benzene rings is 1. The number of carbonyl (C=O) groups is 1. The molecule has 4 rings (SSSR count). The van der Waals surface area contributed by atoms with Gasteiger partial charge in [0, 0.05) is 22.0 Å². The molecule has 5 nitrogen and oxygen atoms in total. The number of rotatable bonds is 5. The molecule has 152 valence electrons. The average Bonchev–Trinajstić information content (AvgIpc) is 3.11. The predicted molar refractivity (Wildman–Crippen MR) is 120 cm³/mol. The monoisotopic (exact) mass is 474 g/mol. The van der Waals surface area contributed by atoms with Gasteiger partial charge in [-0.05, 0) is 55.6 Å². The maximum Gasteiger partial charge on any atom is 0.287 e. The maximum absolute atomic E-state index is 12.8. The van der Waals surface area contributed by atoms with E-state index in [9.17, 15) is 9.59 Å². The molecule has 1 N–H and O–H groups in total. The molecule has 7 heteroatoms. The molecule has 2 aromatic heterocycles. The molecule has 1 fully saturated rings. The summed E-state index contributed by atoms with van der Waals surface area (Å²) in [6, 6.07) is 10.8. The van der Waals surface area contributed by atoms with Crippen LogP contribution in [0.25, 0.3) is 11.0 Å². The van der Waals surface area contributed by atoms with Gasteiger partial charge in [-0.3, -0.25) is 14.5 Å². The van der Waals surface area contributed by atoms with Crippen LogP contribution in [0.5, 0.6) is 0 Å². The lowest BCUT2D eigenvalue weighted by molar-refractivity contribution is 0.0907. The van der Waals surface area contributed by atoms with Crippen LogP contribution in [-0.4, -0.2) is 30.4 Å². The second-order valence-corrected chi connectivity index (χ2v) is 9.20. The smallest absolute Gasteiger partial charge is 0.287 e. The van der Waals surface area contributed by atoms with Crippen LogP contribution in [0.4, 0.5) is 0 Å². The van der Waals surface area contributed by atoms with Gasteiger partial charge in [0.25, 0.3) is 5.91 Å². The van der Waals surface area contributed by atoms with Gasteiger partial charge in [0.05, 0.1) is 11.4 Å². The Labute approximate surface area is 181 Å². The number of nitrogens with zero attached hydrogens (tertiary/aromatic N) is 1. The number of likely N-dealkylation sites (tertiary alicyclic amines) is 1. The molecule has 0 aliphatic carbocycles. The van der Waals surface area contributed by atoms with Crippen LogP contribution >= 0.6 is 27.3 Å². The number of nitrogens with one attached hydrogen (secondary N) is 1. The highest BCUT2D eigenvalue weighted by atomic mass is 79.9. The van der Waals surface area contributed by atoms with E-state index in [1.165, 1.54) is 36.6 Å². The zero-order chi connectivity index (χ0) is 20.2. The van der Waals surface area contributed by atoms with E-state index in [0.717, 1.165) is 17.6 Å². The second-order valence-electron chi connectivity index (χ2n) is 7.31. The molecule has 0 unspecified atom stereocenters. The van der Waals surface area contributed by atoms with E-state index in [2.05, 4.69) is 37.6 Å². The van der Waals surface area contributed by atoms with Gasteiger partial charge in [-0.25, -0.2) is 0 Å². The van der Waals surface area contributed by atoms with Crippen LogP contribution in [0, 0.1) is 0 Å². The minimum absolute atomic E-state index is 0.0469. The number of amides is 1. The zero-order valence-corrected chi connectivity index (χ0v) is 18.4. The van der Waals surface area contributed by atoms with Crippen LogP contribution in [-0.2, 0) is 0 Å². The topological polar surface area (TPSA) is 62.6 Å². The lowest BCUT2D eigenvalue weighted by atomic mass is 10.1. The lowest BCUT2D eigenvalue weighted by Gasteiger charge is -2.30. The fourth-order valence-corrected chi connectivity index (χ4v) is 5.04. The van der Waals surface area contributed by atoms with Crippen molar-refractivity contribution in [3.63, 3.8) is 0 Å². The van der Waals surface area contributed by atoms with E-state index in [0.29, 0.717) is 17.5 Å². The Hall–Kier alpha value is -1.96. The van der Waals surface area contributed by atoms with E-state index in [1.807, 2.05) is 6.07 Å². The molecule has 0 saturated carbocycles. The standard InChI is InChI=1S/C22H23BrN2O3S/c23-15-7-8-19-16(12-15)18(26)13-20(28-19)22(27)24-14-17(21-6-5-11-29-21)25-9-3-1-2-4-10-25/h5-8,11-13,17H,1-4,9-10,14H2,(H,24,27)/t17-/m0/s1. The number of thiophene rings is 1. The van der Waals surface area contributed by atoms with Crippen LogP contribution in [0.3, 0.4) is 0 Å². The highest BCUT2D eigenvalue weighted by molar-refractivity contribution is 9.10. The van der Waals surface area contributed by atoms with E-state index in [1.54, 1.807) is 29.5 Å². The van der Waals surface area contributed by atoms with Crippen molar-refractivity contribution in [2.75, 3.05) is 19.6 Å². The Balaban J connectivity index is 1.52. The van der Waals surface area contributed by atoms with Gasteiger partial charge < -0.3 is 9.73 Å². The summed E-state index contributed by atoms with van der Waals surface area (Å²) in [4.78, 5) is 28.9. The summed E-state index contributed by atoms with van der Waals surface area (Å²) < 4.78 is 6.50. The molecular formula is C22H23BrN2O3S. The van der Waals surface area contributed by atoms with Crippen molar-refractivity contribution in [3.8, 4) is 0 Å². The third kappa shape index (κ3) is 4.79. The summed E-state index contributed by atoms with van der Waals surface area (Å²) >= 11 is 5.07. The molecule has 0 spiro atoms. The molecule has 0 bridgehead atoms. The van der Waals surface area contributed by atoms with Gasteiger partial charge >= 0.3 is 0 Å². The van der Waals surface area contributed by atoms with Crippen molar-refractivity contribution in [3.05, 3.63) is 67.1 Å². The van der Waals surface area contributed by atoms with Crippen molar-refractivity contribution in [1.29, 1.82) is 0 Å². The first-order chi connectivity index (χ1) is 14.1. The van der Waals surface area contributed by atoms with Crippen molar-refractivity contribution in [2.45, 2.75) is 31.7 Å². The Morgan fingerprint density at radius 3 is 2.69 bits per heavy atom. The van der Waals surface area contributed by atoms with Gasteiger partial charge in [0.15, 0.2) is 11.2 Å². The molecule has 29 heavy (non-hydrogen) atoms. The molecule has 0 radical (unpaired) electrons. The molecule has 3 aromatic rings. The predicted octanol–water partition coefficient (Wildman–Crippen LogP) is 4.96. The first-order valence-corrected chi connectivity index (χ1v) is 11.6. The summed E-state index contributed by atoms with van der Waals surface area (Å²) in [6.45, 7) is 2.57. The van der Waals surface area contributed by atoms with Gasteiger partial charge in [-0.15, -0.1) is 11.3 Å². The van der Waals surface area contributed by atoms with Gasteiger partial charge in [-0.2, -0.15) is 0 Å². The first-order valence-electron chi connectivity index (χ1n) is 9.91. The molecule has 1 amide bonds. The first kappa shape index (κ1) is 20.3. The van der Waals surface area contributed by atoms with Gasteiger partial charge in [-0.1, -0.05) is 34.8 Å². The largest absolute Gasteiger partial charge is 0.451 e. The zero-order valence-electron chi connectivity index (χ0n) is 16.0. The van der Waals surface area contributed by atoms with Crippen molar-refractivity contribution >= 4 is 44.1 Å². The van der Waals surface area contributed by atoms with Crippen LogP contribution in [0.2, 0.25) is 0 Å². The van der Waals surface area contributed by atoms with E-state index >= 15 is 0 Å². The SMILES string of the molecule is O=C(NC[C@@H](c1cccs1)N1CCCCCC1)c1cc(=O)c2cc(Br)ccc2o1. The maximum atomic E-state index is 12.8. The third-order valence-corrected chi connectivity index (χ3v) is 6.79. The van der Waals surface area contributed by atoms with Crippen LogP contribution < -0.4 is 10.7 Å². The Kier molecular flexibility index (Phi) is 6.47. The minimum atomic E-state index is -0.358. The molecule has 3 heterocycles. The van der Waals surface area contributed by atoms with E-state index in [-0.39, 0.29) is 23.1 Å². The Morgan fingerprint density at radius 2 is 1.97 bits per heavy atom. The fourth-order valence-electron chi connectivity index (χ4n) is 3.81. The summed E-state index contributed by atoms with van der Waals surface area (Å²) in [5, 5.41) is 5.52. The van der Waals surface area contributed by atoms with E-state index < -0.39 is 0 Å². The second kappa shape index (κ2) is 9.24. The van der Waals surface area contributed by atoms with Crippen LogP contribution in [0.1, 0.15) is 47.2 Å². The van der Waals surface area contributed by atoms with Crippen molar-refractivity contribution in [1.82, 2.24) is 10.2 Å². The highest BCUT2D eigenvalue weighted by Gasteiger charge is 2.24. The molecule has 1 aliphatic rings. The number of carbonyl (C=O) groups excluding carboxylic acids is 1. The Bertz CT molecular complexity index is 1040. The Morgan fingerprint density at radius 1 is 1.17 bits per heavy atom.